The van der Waals surface area contributed by atoms with Crippen molar-refractivity contribution in [2.45, 2.75) is 13.3 Å². The van der Waals surface area contributed by atoms with Gasteiger partial charge < -0.3 is 15.2 Å². The van der Waals surface area contributed by atoms with Gasteiger partial charge in [0.25, 0.3) is 6.43 Å². The van der Waals surface area contributed by atoms with E-state index in [0.717, 1.165) is 6.07 Å². The number of carbonyl (C=O) groups excluding carboxylic acids is 1. The van der Waals surface area contributed by atoms with E-state index < -0.39 is 18.1 Å². The van der Waals surface area contributed by atoms with E-state index in [1.165, 1.54) is 7.11 Å². The maximum Gasteiger partial charge on any atom is 0.343 e. The molecule has 0 amide bonds. The second kappa shape index (κ2) is 5.42. The van der Waals surface area contributed by atoms with E-state index in [9.17, 15) is 13.6 Å². The minimum absolute atomic E-state index is 0.0729. The van der Waals surface area contributed by atoms with E-state index >= 15 is 0 Å². The largest absolute Gasteiger partial charge is 0.480 e. The zero-order chi connectivity index (χ0) is 13.0. The highest BCUT2D eigenvalue weighted by molar-refractivity contribution is 5.93. The van der Waals surface area contributed by atoms with Crippen LogP contribution in [0, 0.1) is 0 Å². The van der Waals surface area contributed by atoms with Crippen molar-refractivity contribution < 1.29 is 23.0 Å². The lowest BCUT2D eigenvalue weighted by Gasteiger charge is -2.10. The van der Waals surface area contributed by atoms with Crippen LogP contribution in [0.5, 0.6) is 5.88 Å². The number of ether oxygens (including phenoxy) is 2. The summed E-state index contributed by atoms with van der Waals surface area (Å²) >= 11 is 0. The topological polar surface area (TPSA) is 74.4 Å². The van der Waals surface area contributed by atoms with Crippen molar-refractivity contribution in [1.29, 1.82) is 0 Å². The lowest BCUT2D eigenvalue weighted by molar-refractivity contribution is 0.0521. The van der Waals surface area contributed by atoms with Crippen LogP contribution in [-0.4, -0.2) is 24.7 Å². The predicted octanol–water partition coefficient (Wildman–Crippen LogP) is 1.79. The predicted molar refractivity (Wildman–Crippen MR) is 56.1 cm³/mol. The molecule has 1 rings (SSSR count). The molecule has 0 fully saturated rings. The maximum absolute atomic E-state index is 12.5. The Morgan fingerprint density at radius 2 is 2.24 bits per heavy atom. The van der Waals surface area contributed by atoms with Crippen molar-refractivity contribution >= 4 is 11.7 Å². The Hall–Kier alpha value is -1.92. The molecule has 1 aromatic heterocycles. The Bertz CT molecular complexity index is 424. The van der Waals surface area contributed by atoms with Gasteiger partial charge in [-0.1, -0.05) is 0 Å². The summed E-state index contributed by atoms with van der Waals surface area (Å²) in [5.41, 5.74) is 4.41. The second-order valence-corrected chi connectivity index (χ2v) is 3.04. The molecule has 94 valence electrons. The number of esters is 1. The number of aromatic nitrogens is 1. The molecule has 0 saturated heterocycles. The summed E-state index contributed by atoms with van der Waals surface area (Å²) in [6.07, 6.45) is -2.83. The van der Waals surface area contributed by atoms with E-state index in [1.807, 2.05) is 0 Å². The van der Waals surface area contributed by atoms with Crippen LogP contribution in [-0.2, 0) is 4.74 Å². The van der Waals surface area contributed by atoms with E-state index in [0.29, 0.717) is 0 Å². The summed E-state index contributed by atoms with van der Waals surface area (Å²) in [6, 6.07) is 1.07. The van der Waals surface area contributed by atoms with Crippen molar-refractivity contribution in [2.24, 2.45) is 0 Å². The summed E-state index contributed by atoms with van der Waals surface area (Å²) in [4.78, 5) is 15.0. The van der Waals surface area contributed by atoms with E-state index in [2.05, 4.69) is 4.98 Å². The number of pyridine rings is 1. The number of alkyl halides is 2. The van der Waals surface area contributed by atoms with Gasteiger partial charge in [0.05, 0.1) is 19.4 Å². The first-order valence-electron chi connectivity index (χ1n) is 4.80. The molecular formula is C10H12F2N2O3. The third-order valence-electron chi connectivity index (χ3n) is 1.94. The SMILES string of the molecule is CCOC(=O)c1cc(N)c(C(F)F)nc1OC. The molecule has 0 aliphatic carbocycles. The number of nitrogens with two attached hydrogens (primary N) is 1. The van der Waals surface area contributed by atoms with Crippen molar-refractivity contribution in [3.8, 4) is 5.88 Å². The molecular weight excluding hydrogens is 234 g/mol. The number of hydrogen-bond donors (Lipinski definition) is 1. The van der Waals surface area contributed by atoms with Crippen LogP contribution < -0.4 is 10.5 Å². The minimum Gasteiger partial charge on any atom is -0.480 e. The van der Waals surface area contributed by atoms with Gasteiger partial charge in [-0.2, -0.15) is 0 Å². The van der Waals surface area contributed by atoms with Gasteiger partial charge >= 0.3 is 5.97 Å². The summed E-state index contributed by atoms with van der Waals surface area (Å²) in [5, 5.41) is 0. The van der Waals surface area contributed by atoms with Crippen LogP contribution in [0.1, 0.15) is 29.4 Å². The van der Waals surface area contributed by atoms with Gasteiger partial charge in [0.2, 0.25) is 5.88 Å². The Labute approximate surface area is 96.5 Å². The van der Waals surface area contributed by atoms with Gasteiger partial charge in [-0.15, -0.1) is 0 Å². The molecule has 0 unspecified atom stereocenters. The fraction of sp³-hybridized carbons (Fsp3) is 0.400. The van der Waals surface area contributed by atoms with Gasteiger partial charge in [0.15, 0.2) is 0 Å². The third kappa shape index (κ3) is 2.80. The molecule has 17 heavy (non-hydrogen) atoms. The number of hydrogen-bond acceptors (Lipinski definition) is 5. The van der Waals surface area contributed by atoms with E-state index in [4.69, 9.17) is 15.2 Å². The lowest BCUT2D eigenvalue weighted by atomic mass is 10.2. The van der Waals surface area contributed by atoms with Gasteiger partial charge in [-0.05, 0) is 13.0 Å². The van der Waals surface area contributed by atoms with Crippen LogP contribution in [0.4, 0.5) is 14.5 Å². The molecule has 0 bridgehead atoms. The number of rotatable bonds is 4. The fourth-order valence-corrected chi connectivity index (χ4v) is 1.21. The van der Waals surface area contributed by atoms with Crippen molar-refractivity contribution in [3.63, 3.8) is 0 Å². The Kier molecular flexibility index (Phi) is 4.19. The highest BCUT2D eigenvalue weighted by Crippen LogP contribution is 2.28. The minimum atomic E-state index is -2.83. The molecule has 0 atom stereocenters. The molecule has 0 aliphatic heterocycles. The van der Waals surface area contributed by atoms with Crippen molar-refractivity contribution in [2.75, 3.05) is 19.5 Å². The van der Waals surface area contributed by atoms with Crippen LogP contribution >= 0.6 is 0 Å². The molecule has 0 radical (unpaired) electrons. The average Bonchev–Trinajstić information content (AvgIpc) is 2.28. The van der Waals surface area contributed by atoms with E-state index in [-0.39, 0.29) is 23.7 Å². The van der Waals surface area contributed by atoms with Crippen LogP contribution in [0.15, 0.2) is 6.07 Å². The second-order valence-electron chi connectivity index (χ2n) is 3.04. The van der Waals surface area contributed by atoms with Crippen LogP contribution in [0.3, 0.4) is 0 Å². The van der Waals surface area contributed by atoms with E-state index in [1.54, 1.807) is 6.92 Å². The third-order valence-corrected chi connectivity index (χ3v) is 1.94. The Balaban J connectivity index is 3.23. The molecule has 0 saturated carbocycles. The standard InChI is InChI=1S/C10H12F2N2O3/c1-3-17-10(15)5-4-6(13)7(8(11)12)14-9(5)16-2/h4,8H,3,13H2,1-2H3. The zero-order valence-corrected chi connectivity index (χ0v) is 9.37. The highest BCUT2D eigenvalue weighted by atomic mass is 19.3. The summed E-state index contributed by atoms with van der Waals surface area (Å²) < 4.78 is 34.5. The maximum atomic E-state index is 12.5. The molecule has 2 N–H and O–H groups in total. The Morgan fingerprint density at radius 1 is 1.59 bits per heavy atom. The first-order valence-corrected chi connectivity index (χ1v) is 4.80. The monoisotopic (exact) mass is 246 g/mol. The van der Waals surface area contributed by atoms with Gasteiger partial charge in [-0.3, -0.25) is 0 Å². The number of halogens is 2. The number of nitrogens with zero attached hydrogens (tertiary/aromatic N) is 1. The lowest BCUT2D eigenvalue weighted by Crippen LogP contribution is -2.11. The summed E-state index contributed by atoms with van der Waals surface area (Å²) in [5.74, 6) is -0.947. The molecule has 1 aromatic rings. The number of nitrogen functional groups attached to an aromatic ring is 1. The van der Waals surface area contributed by atoms with Crippen molar-refractivity contribution in [3.05, 3.63) is 17.3 Å². The van der Waals surface area contributed by atoms with Gasteiger partial charge in [0, 0.05) is 0 Å². The quantitative estimate of drug-likeness (QED) is 0.820. The highest BCUT2D eigenvalue weighted by Gasteiger charge is 2.21. The van der Waals surface area contributed by atoms with Crippen LogP contribution in [0.2, 0.25) is 0 Å². The Morgan fingerprint density at radius 3 is 2.71 bits per heavy atom. The molecule has 0 aliphatic rings. The average molecular weight is 246 g/mol. The van der Waals surface area contributed by atoms with Gasteiger partial charge in [-0.25, -0.2) is 18.6 Å². The first-order chi connectivity index (χ1) is 8.01. The molecule has 0 spiro atoms. The molecule has 1 heterocycles. The number of anilines is 1. The van der Waals surface area contributed by atoms with Crippen molar-refractivity contribution in [1.82, 2.24) is 4.98 Å². The molecule has 0 aromatic carbocycles. The zero-order valence-electron chi connectivity index (χ0n) is 9.37. The van der Waals surface area contributed by atoms with Crippen LogP contribution in [0.25, 0.3) is 0 Å². The normalized spacial score (nSPS) is 10.4. The molecule has 7 heteroatoms. The summed E-state index contributed by atoms with van der Waals surface area (Å²) in [6.45, 7) is 1.77. The summed E-state index contributed by atoms with van der Waals surface area (Å²) in [7, 11) is 1.22. The first kappa shape index (κ1) is 13.1. The molecule has 5 nitrogen and oxygen atoms in total. The number of methoxy groups -OCH3 is 1. The smallest absolute Gasteiger partial charge is 0.343 e. The van der Waals surface area contributed by atoms with Gasteiger partial charge in [0.1, 0.15) is 11.3 Å². The fourth-order valence-electron chi connectivity index (χ4n) is 1.21. The number of carbonyl (C=O) groups is 1.